The number of nitrogens with one attached hydrogen (secondary N) is 1. The fourth-order valence-corrected chi connectivity index (χ4v) is 0.839. The van der Waals surface area contributed by atoms with E-state index in [9.17, 15) is 0 Å². The van der Waals surface area contributed by atoms with Crippen molar-refractivity contribution in [3.63, 3.8) is 0 Å². The van der Waals surface area contributed by atoms with Crippen LogP contribution >= 0.6 is 0 Å². The van der Waals surface area contributed by atoms with Gasteiger partial charge in [0.2, 0.25) is 0 Å². The van der Waals surface area contributed by atoms with Crippen LogP contribution in [0.25, 0.3) is 0 Å². The van der Waals surface area contributed by atoms with E-state index in [0.717, 1.165) is 13.2 Å². The Hall–Kier alpha value is -0.120. The maximum Gasteiger partial charge on any atom is 0.0700 e. The Balaban J connectivity index is 3.07. The minimum atomic E-state index is 0.561. The Morgan fingerprint density at radius 3 is 2.31 bits per heavy atom. The average Bonchev–Trinajstić information content (AvgIpc) is 2.10. The van der Waals surface area contributed by atoms with Crippen LogP contribution in [0.15, 0.2) is 0 Å². The number of hydrogen-bond donors (Lipinski definition) is 1. The van der Waals surface area contributed by atoms with Crippen LogP contribution in [-0.4, -0.2) is 39.5 Å². The van der Waals surface area contributed by atoms with Crippen LogP contribution in [0.2, 0.25) is 0 Å². The van der Waals surface area contributed by atoms with Crippen molar-refractivity contribution in [2.45, 2.75) is 26.8 Å². The summed E-state index contributed by atoms with van der Waals surface area (Å²) in [5.74, 6) is 0.680. The summed E-state index contributed by atoms with van der Waals surface area (Å²) in [6.45, 7) is 9.67. The van der Waals surface area contributed by atoms with Crippen molar-refractivity contribution < 1.29 is 9.47 Å². The van der Waals surface area contributed by atoms with Crippen molar-refractivity contribution >= 4 is 0 Å². The van der Waals surface area contributed by atoms with Crippen LogP contribution in [-0.2, 0) is 9.47 Å². The zero-order chi connectivity index (χ0) is 10.1. The molecule has 3 nitrogen and oxygen atoms in total. The van der Waals surface area contributed by atoms with Gasteiger partial charge in [-0.15, -0.1) is 0 Å². The quantitative estimate of drug-likeness (QED) is 0.584. The molecule has 3 heteroatoms. The van der Waals surface area contributed by atoms with Gasteiger partial charge in [0.15, 0.2) is 0 Å². The lowest BCUT2D eigenvalue weighted by Crippen LogP contribution is -2.33. The standard InChI is InChI=1S/C10H23NO2/c1-9(2)10(3)11-5-6-13-8-7-12-4/h9-11H,5-8H2,1-4H3. The van der Waals surface area contributed by atoms with Crippen molar-refractivity contribution in [1.82, 2.24) is 5.32 Å². The summed E-state index contributed by atoms with van der Waals surface area (Å²) in [5.41, 5.74) is 0. The van der Waals surface area contributed by atoms with Gasteiger partial charge < -0.3 is 14.8 Å². The highest BCUT2D eigenvalue weighted by atomic mass is 16.5. The zero-order valence-corrected chi connectivity index (χ0v) is 9.30. The fourth-order valence-electron chi connectivity index (χ4n) is 0.839. The van der Waals surface area contributed by atoms with Gasteiger partial charge in [-0.25, -0.2) is 0 Å². The summed E-state index contributed by atoms with van der Waals surface area (Å²) in [5, 5.41) is 3.39. The summed E-state index contributed by atoms with van der Waals surface area (Å²) in [4.78, 5) is 0. The molecule has 1 atom stereocenters. The third-order valence-corrected chi connectivity index (χ3v) is 2.14. The Morgan fingerprint density at radius 1 is 1.08 bits per heavy atom. The number of ether oxygens (including phenoxy) is 2. The Labute approximate surface area is 81.8 Å². The van der Waals surface area contributed by atoms with E-state index >= 15 is 0 Å². The second-order valence-corrected chi connectivity index (χ2v) is 3.59. The highest BCUT2D eigenvalue weighted by Crippen LogP contribution is 1.98. The third kappa shape index (κ3) is 8.22. The Kier molecular flexibility index (Phi) is 8.40. The first-order valence-electron chi connectivity index (χ1n) is 4.98. The first-order chi connectivity index (χ1) is 6.18. The predicted octanol–water partition coefficient (Wildman–Crippen LogP) is 1.28. The summed E-state index contributed by atoms with van der Waals surface area (Å²) < 4.78 is 10.2. The van der Waals surface area contributed by atoms with Gasteiger partial charge in [-0.05, 0) is 12.8 Å². The van der Waals surface area contributed by atoms with Crippen molar-refractivity contribution in [2.24, 2.45) is 5.92 Å². The molecule has 0 aromatic carbocycles. The molecule has 0 aliphatic carbocycles. The van der Waals surface area contributed by atoms with Gasteiger partial charge in [0.05, 0.1) is 19.8 Å². The molecule has 80 valence electrons. The minimum Gasteiger partial charge on any atom is -0.382 e. The zero-order valence-electron chi connectivity index (χ0n) is 9.30. The lowest BCUT2D eigenvalue weighted by atomic mass is 10.1. The van der Waals surface area contributed by atoms with E-state index in [2.05, 4.69) is 26.1 Å². The topological polar surface area (TPSA) is 30.5 Å². The molecule has 1 unspecified atom stereocenters. The van der Waals surface area contributed by atoms with Gasteiger partial charge >= 0.3 is 0 Å². The first kappa shape index (κ1) is 12.9. The van der Waals surface area contributed by atoms with Gasteiger partial charge in [0.1, 0.15) is 0 Å². The SMILES string of the molecule is COCCOCCNC(C)C(C)C. The molecule has 0 aromatic heterocycles. The van der Waals surface area contributed by atoms with Crippen molar-refractivity contribution in [1.29, 1.82) is 0 Å². The van der Waals surface area contributed by atoms with E-state index in [1.807, 2.05) is 0 Å². The molecule has 13 heavy (non-hydrogen) atoms. The lowest BCUT2D eigenvalue weighted by Gasteiger charge is -2.17. The van der Waals surface area contributed by atoms with Crippen LogP contribution in [0.4, 0.5) is 0 Å². The van der Waals surface area contributed by atoms with E-state index in [-0.39, 0.29) is 0 Å². The molecule has 0 aliphatic heterocycles. The number of hydrogen-bond acceptors (Lipinski definition) is 3. The fraction of sp³-hybridized carbons (Fsp3) is 1.00. The molecule has 0 radical (unpaired) electrons. The Morgan fingerprint density at radius 2 is 1.77 bits per heavy atom. The summed E-state index contributed by atoms with van der Waals surface area (Å²) >= 11 is 0. The maximum atomic E-state index is 5.32. The third-order valence-electron chi connectivity index (χ3n) is 2.14. The van der Waals surface area contributed by atoms with Gasteiger partial charge in [0, 0.05) is 19.7 Å². The molecule has 0 aliphatic rings. The van der Waals surface area contributed by atoms with Crippen LogP contribution < -0.4 is 5.32 Å². The van der Waals surface area contributed by atoms with E-state index in [4.69, 9.17) is 9.47 Å². The molecule has 0 amide bonds. The summed E-state index contributed by atoms with van der Waals surface area (Å²) in [6, 6.07) is 0.561. The smallest absolute Gasteiger partial charge is 0.0700 e. The highest BCUT2D eigenvalue weighted by Gasteiger charge is 2.04. The molecule has 0 spiro atoms. The van der Waals surface area contributed by atoms with Crippen molar-refractivity contribution in [3.8, 4) is 0 Å². The lowest BCUT2D eigenvalue weighted by molar-refractivity contribution is 0.0707. The van der Waals surface area contributed by atoms with Crippen LogP contribution in [0.5, 0.6) is 0 Å². The second-order valence-electron chi connectivity index (χ2n) is 3.59. The highest BCUT2D eigenvalue weighted by molar-refractivity contribution is 4.63. The van der Waals surface area contributed by atoms with E-state index in [0.29, 0.717) is 25.2 Å². The van der Waals surface area contributed by atoms with Gasteiger partial charge in [0.25, 0.3) is 0 Å². The summed E-state index contributed by atoms with van der Waals surface area (Å²) in [6.07, 6.45) is 0. The average molecular weight is 189 g/mol. The predicted molar refractivity (Wildman–Crippen MR) is 55.0 cm³/mol. The number of methoxy groups -OCH3 is 1. The largest absolute Gasteiger partial charge is 0.382 e. The van der Waals surface area contributed by atoms with Crippen molar-refractivity contribution in [2.75, 3.05) is 33.5 Å². The van der Waals surface area contributed by atoms with Crippen LogP contribution in [0, 0.1) is 5.92 Å². The van der Waals surface area contributed by atoms with Crippen LogP contribution in [0.3, 0.4) is 0 Å². The molecular formula is C10H23NO2. The molecule has 0 fully saturated rings. The monoisotopic (exact) mass is 189 g/mol. The van der Waals surface area contributed by atoms with Gasteiger partial charge in [-0.3, -0.25) is 0 Å². The van der Waals surface area contributed by atoms with Crippen LogP contribution in [0.1, 0.15) is 20.8 Å². The molecule has 0 saturated carbocycles. The summed E-state index contributed by atoms with van der Waals surface area (Å²) in [7, 11) is 1.68. The van der Waals surface area contributed by atoms with Gasteiger partial charge in [-0.1, -0.05) is 13.8 Å². The minimum absolute atomic E-state index is 0.561. The first-order valence-corrected chi connectivity index (χ1v) is 4.98. The van der Waals surface area contributed by atoms with Gasteiger partial charge in [-0.2, -0.15) is 0 Å². The molecule has 0 aromatic rings. The maximum absolute atomic E-state index is 5.32. The molecule has 1 N–H and O–H groups in total. The molecule has 0 heterocycles. The molecule has 0 rings (SSSR count). The molecule has 0 saturated heterocycles. The van der Waals surface area contributed by atoms with Crippen molar-refractivity contribution in [3.05, 3.63) is 0 Å². The normalized spacial score (nSPS) is 13.6. The van der Waals surface area contributed by atoms with E-state index in [1.54, 1.807) is 7.11 Å². The molecule has 0 bridgehead atoms. The Bertz CT molecular complexity index is 107. The molecular weight excluding hydrogens is 166 g/mol. The van der Waals surface area contributed by atoms with E-state index < -0.39 is 0 Å². The van der Waals surface area contributed by atoms with E-state index in [1.165, 1.54) is 0 Å². The number of rotatable bonds is 8. The second kappa shape index (κ2) is 8.48.